The molecule has 0 unspecified atom stereocenters. The molecular formula is C19H25ClN8O4. The number of rotatable bonds is 4. The summed E-state index contributed by atoms with van der Waals surface area (Å²) in [5.74, 6) is -1.53. The summed E-state index contributed by atoms with van der Waals surface area (Å²) in [6.45, 7) is 5.27. The Kier molecular flexibility index (Phi) is 7.23. The molecule has 1 aliphatic carbocycles. The maximum atomic E-state index is 12.5. The summed E-state index contributed by atoms with van der Waals surface area (Å²) in [4.78, 5) is 41.1. The van der Waals surface area contributed by atoms with Gasteiger partial charge < -0.3 is 20.7 Å². The molecule has 13 heteroatoms. The number of ether oxygens (including phenoxy) is 1. The van der Waals surface area contributed by atoms with Crippen molar-refractivity contribution < 1.29 is 19.1 Å². The van der Waals surface area contributed by atoms with E-state index in [1.54, 1.807) is 31.5 Å². The molecule has 2 aromatic rings. The Hall–Kier alpha value is -3.28. The van der Waals surface area contributed by atoms with Crippen LogP contribution in [0.15, 0.2) is 24.7 Å². The minimum atomic E-state index is -0.876. The summed E-state index contributed by atoms with van der Waals surface area (Å²) in [5.41, 5.74) is -0.682. The third-order valence-corrected chi connectivity index (χ3v) is 4.98. The fourth-order valence-corrected chi connectivity index (χ4v) is 3.48. The summed E-state index contributed by atoms with van der Waals surface area (Å²) in [5, 5.41) is 19.5. The number of pyridine rings is 1. The quantitative estimate of drug-likeness (QED) is 0.575. The molecule has 0 radical (unpaired) electrons. The van der Waals surface area contributed by atoms with Crippen molar-refractivity contribution in [3.05, 3.63) is 29.7 Å². The van der Waals surface area contributed by atoms with Gasteiger partial charge in [0.25, 0.3) is 0 Å². The summed E-state index contributed by atoms with van der Waals surface area (Å²) < 4.78 is 6.96. The lowest BCUT2D eigenvalue weighted by atomic mass is 9.86. The number of anilines is 1. The monoisotopic (exact) mass is 464 g/mol. The zero-order valence-corrected chi connectivity index (χ0v) is 18.7. The van der Waals surface area contributed by atoms with E-state index in [2.05, 4.69) is 36.5 Å². The molecule has 1 aliphatic rings. The molecule has 1 saturated carbocycles. The Labute approximate surface area is 189 Å². The number of tetrazole rings is 1. The van der Waals surface area contributed by atoms with Crippen molar-refractivity contribution in [2.24, 2.45) is 0 Å². The number of aromatic nitrogens is 5. The van der Waals surface area contributed by atoms with Crippen LogP contribution in [0.1, 0.15) is 46.1 Å². The maximum absolute atomic E-state index is 12.5. The lowest BCUT2D eigenvalue weighted by Crippen LogP contribution is -2.56. The largest absolute Gasteiger partial charge is 0.444 e. The average Bonchev–Trinajstić information content (AvgIpc) is 3.24. The van der Waals surface area contributed by atoms with Crippen molar-refractivity contribution in [1.82, 2.24) is 35.8 Å². The van der Waals surface area contributed by atoms with Crippen molar-refractivity contribution in [3.63, 3.8) is 0 Å². The van der Waals surface area contributed by atoms with Gasteiger partial charge in [-0.25, -0.2) is 14.5 Å². The highest BCUT2D eigenvalue weighted by molar-refractivity contribution is 6.39. The van der Waals surface area contributed by atoms with Gasteiger partial charge in [0.1, 0.15) is 17.7 Å². The molecule has 3 N–H and O–H groups in total. The van der Waals surface area contributed by atoms with Gasteiger partial charge >= 0.3 is 17.9 Å². The molecule has 0 bridgehead atoms. The molecule has 32 heavy (non-hydrogen) atoms. The third kappa shape index (κ3) is 6.61. The summed E-state index contributed by atoms with van der Waals surface area (Å²) >= 11 is 5.77. The minimum absolute atomic E-state index is 0.0785. The molecule has 3 amide bonds. The smallest absolute Gasteiger partial charge is 0.407 e. The van der Waals surface area contributed by atoms with Crippen LogP contribution < -0.4 is 16.0 Å². The van der Waals surface area contributed by atoms with Crippen LogP contribution in [0.4, 0.5) is 10.6 Å². The van der Waals surface area contributed by atoms with Gasteiger partial charge in [-0.05, 0) is 62.6 Å². The van der Waals surface area contributed by atoms with Gasteiger partial charge in [-0.15, -0.1) is 5.10 Å². The molecule has 0 saturated heterocycles. The Morgan fingerprint density at radius 2 is 1.91 bits per heavy atom. The number of hydrogen-bond donors (Lipinski definition) is 3. The van der Waals surface area contributed by atoms with Crippen molar-refractivity contribution in [3.8, 4) is 0 Å². The number of halogens is 1. The van der Waals surface area contributed by atoms with Gasteiger partial charge in [0.15, 0.2) is 0 Å². The second-order valence-corrected chi connectivity index (χ2v) is 8.84. The zero-order chi connectivity index (χ0) is 23.3. The number of carbonyl (C=O) groups excluding carboxylic acids is 3. The topological polar surface area (TPSA) is 153 Å². The van der Waals surface area contributed by atoms with Gasteiger partial charge in [-0.1, -0.05) is 11.6 Å². The second kappa shape index (κ2) is 9.90. The summed E-state index contributed by atoms with van der Waals surface area (Å²) in [7, 11) is 0. The van der Waals surface area contributed by atoms with E-state index in [-0.39, 0.29) is 11.9 Å². The molecule has 3 atom stereocenters. The minimum Gasteiger partial charge on any atom is -0.444 e. The summed E-state index contributed by atoms with van der Waals surface area (Å²) in [6, 6.07) is 1.95. The van der Waals surface area contributed by atoms with E-state index in [0.29, 0.717) is 24.3 Å². The van der Waals surface area contributed by atoms with Gasteiger partial charge in [0, 0.05) is 12.2 Å². The number of nitrogens with one attached hydrogen (secondary N) is 3. The number of alkyl carbamates (subject to hydrolysis) is 1. The van der Waals surface area contributed by atoms with E-state index >= 15 is 0 Å². The predicted molar refractivity (Wildman–Crippen MR) is 114 cm³/mol. The van der Waals surface area contributed by atoms with E-state index in [1.165, 1.54) is 18.6 Å². The molecule has 1 fully saturated rings. The highest BCUT2D eigenvalue weighted by Gasteiger charge is 2.35. The van der Waals surface area contributed by atoms with Crippen LogP contribution in [0.25, 0.3) is 0 Å². The normalized spacial score (nSPS) is 20.8. The van der Waals surface area contributed by atoms with E-state index in [4.69, 9.17) is 16.3 Å². The average molecular weight is 465 g/mol. The van der Waals surface area contributed by atoms with E-state index in [9.17, 15) is 14.4 Å². The molecule has 0 aliphatic heterocycles. The van der Waals surface area contributed by atoms with Crippen LogP contribution in [0.5, 0.6) is 0 Å². The van der Waals surface area contributed by atoms with Crippen LogP contribution >= 0.6 is 11.6 Å². The Morgan fingerprint density at radius 1 is 1.12 bits per heavy atom. The van der Waals surface area contributed by atoms with Crippen molar-refractivity contribution >= 4 is 35.3 Å². The molecule has 12 nitrogen and oxygen atoms in total. The molecule has 2 heterocycles. The van der Waals surface area contributed by atoms with Crippen molar-refractivity contribution in [2.75, 3.05) is 5.32 Å². The first-order valence-electron chi connectivity index (χ1n) is 10.1. The van der Waals surface area contributed by atoms with Crippen LogP contribution in [0.2, 0.25) is 5.02 Å². The fraction of sp³-hybridized carbons (Fsp3) is 0.526. The highest BCUT2D eigenvalue weighted by Crippen LogP contribution is 2.28. The van der Waals surface area contributed by atoms with Crippen molar-refractivity contribution in [2.45, 2.75) is 63.8 Å². The second-order valence-electron chi connectivity index (χ2n) is 8.41. The van der Waals surface area contributed by atoms with E-state index < -0.39 is 35.6 Å². The molecule has 172 valence electrons. The Bertz CT molecular complexity index is 945. The number of amides is 3. The Morgan fingerprint density at radius 3 is 2.53 bits per heavy atom. The van der Waals surface area contributed by atoms with E-state index in [0.717, 1.165) is 0 Å². The zero-order valence-electron chi connectivity index (χ0n) is 17.9. The lowest BCUT2D eigenvalue weighted by Gasteiger charge is -2.36. The molecule has 0 spiro atoms. The third-order valence-electron chi connectivity index (χ3n) is 4.76. The molecular weight excluding hydrogens is 440 g/mol. The fourth-order valence-electron chi connectivity index (χ4n) is 3.37. The van der Waals surface area contributed by atoms with Gasteiger partial charge in [-0.2, -0.15) is 0 Å². The Balaban J connectivity index is 1.66. The lowest BCUT2D eigenvalue weighted by molar-refractivity contribution is -0.136. The first-order chi connectivity index (χ1) is 15.1. The molecule has 0 aromatic carbocycles. The number of carbonyl (C=O) groups is 3. The SMILES string of the molecule is CC(C)(C)OC(=O)N[C@@H]1C[C@@H](n2cnnn2)CC[C@@H]1NC(=O)C(=O)Nc1ccc(Cl)cn1. The van der Waals surface area contributed by atoms with Crippen LogP contribution in [-0.2, 0) is 14.3 Å². The van der Waals surface area contributed by atoms with E-state index in [1.807, 2.05) is 0 Å². The van der Waals surface area contributed by atoms with Gasteiger partial charge in [-0.3, -0.25) is 9.59 Å². The summed E-state index contributed by atoms with van der Waals surface area (Å²) in [6.07, 6.45) is 3.81. The number of hydrogen-bond acceptors (Lipinski definition) is 8. The maximum Gasteiger partial charge on any atom is 0.407 e. The first kappa shape index (κ1) is 23.4. The first-order valence-corrected chi connectivity index (χ1v) is 10.4. The predicted octanol–water partition coefficient (Wildman–Crippen LogP) is 1.46. The standard InChI is InChI=1S/C19H25ClN8O4/c1-19(2,3)32-18(31)24-14-8-12(28-10-22-26-27-28)5-6-13(14)23-16(29)17(30)25-15-7-4-11(20)9-21-15/h4,7,9-10,12-14H,5-6,8H2,1-3H3,(H,23,29)(H,24,31)(H,21,25,30)/t12-,13-,14+/m0/s1. The number of nitrogens with zero attached hydrogens (tertiary/aromatic N) is 5. The highest BCUT2D eigenvalue weighted by atomic mass is 35.5. The van der Waals surface area contributed by atoms with Crippen molar-refractivity contribution in [1.29, 1.82) is 0 Å². The van der Waals surface area contributed by atoms with Crippen LogP contribution in [-0.4, -0.2) is 60.8 Å². The van der Waals surface area contributed by atoms with Crippen LogP contribution in [0.3, 0.4) is 0 Å². The molecule has 2 aromatic heterocycles. The van der Waals surface area contributed by atoms with Gasteiger partial charge in [0.05, 0.1) is 17.1 Å². The van der Waals surface area contributed by atoms with Gasteiger partial charge in [0.2, 0.25) is 0 Å². The molecule has 3 rings (SSSR count). The van der Waals surface area contributed by atoms with Crippen LogP contribution in [0, 0.1) is 0 Å².